The Balaban J connectivity index is 1.85. The van der Waals surface area contributed by atoms with Crippen molar-refractivity contribution in [3.63, 3.8) is 0 Å². The molecule has 0 saturated heterocycles. The highest BCUT2D eigenvalue weighted by Crippen LogP contribution is 2.23. The maximum atomic E-state index is 6.37. The van der Waals surface area contributed by atoms with E-state index < -0.39 is 0 Å². The van der Waals surface area contributed by atoms with E-state index in [-0.39, 0.29) is 6.04 Å². The van der Waals surface area contributed by atoms with Crippen molar-refractivity contribution in [3.8, 4) is 5.75 Å². The van der Waals surface area contributed by atoms with Gasteiger partial charge in [-0.2, -0.15) is 0 Å². The van der Waals surface area contributed by atoms with Crippen LogP contribution in [0.2, 0.25) is 0 Å². The largest absolute Gasteiger partial charge is 0.494 e. The number of likely N-dealkylation sites (N-methyl/N-ethyl adjacent to an activating group) is 1. The van der Waals surface area contributed by atoms with Gasteiger partial charge in [-0.3, -0.25) is 0 Å². The van der Waals surface area contributed by atoms with Gasteiger partial charge in [0.15, 0.2) is 0 Å². The summed E-state index contributed by atoms with van der Waals surface area (Å²) in [5, 5.41) is 0. The van der Waals surface area contributed by atoms with Gasteiger partial charge in [0.2, 0.25) is 0 Å². The number of hydrogen-bond acceptors (Lipinski definition) is 3. The minimum Gasteiger partial charge on any atom is -0.494 e. The zero-order chi connectivity index (χ0) is 15.1. The minimum atomic E-state index is 0.0807. The molecule has 1 atom stereocenters. The summed E-state index contributed by atoms with van der Waals surface area (Å²) in [5.41, 5.74) is 7.57. The van der Waals surface area contributed by atoms with Crippen LogP contribution in [0.3, 0.4) is 0 Å². The van der Waals surface area contributed by atoms with Crippen molar-refractivity contribution in [2.24, 2.45) is 5.73 Å². The molecule has 118 valence electrons. The molecule has 1 aromatic rings. The molecule has 0 spiro atoms. The van der Waals surface area contributed by atoms with E-state index >= 15 is 0 Å². The van der Waals surface area contributed by atoms with Crippen LogP contribution in [0, 0.1) is 0 Å². The molecule has 3 heteroatoms. The molecule has 0 aliphatic heterocycles. The lowest BCUT2D eigenvalue weighted by atomic mass is 9.94. The summed E-state index contributed by atoms with van der Waals surface area (Å²) in [6.07, 6.45) is 7.82. The van der Waals surface area contributed by atoms with Gasteiger partial charge in [0.1, 0.15) is 5.75 Å². The van der Waals surface area contributed by atoms with E-state index in [1.807, 2.05) is 12.1 Å². The number of rotatable bonds is 7. The summed E-state index contributed by atoms with van der Waals surface area (Å²) in [7, 11) is 2.22. The van der Waals surface area contributed by atoms with E-state index in [1.54, 1.807) is 0 Å². The number of ether oxygens (including phenoxy) is 1. The first-order valence-electron chi connectivity index (χ1n) is 8.39. The summed E-state index contributed by atoms with van der Waals surface area (Å²) < 4.78 is 5.61. The molecule has 1 unspecified atom stereocenters. The summed E-state index contributed by atoms with van der Waals surface area (Å²) >= 11 is 0. The Morgan fingerprint density at radius 1 is 1.19 bits per heavy atom. The van der Waals surface area contributed by atoms with Crippen LogP contribution in [0.1, 0.15) is 57.1 Å². The Bertz CT molecular complexity index is 398. The molecule has 1 fully saturated rings. The summed E-state index contributed by atoms with van der Waals surface area (Å²) in [6, 6.07) is 9.07. The summed E-state index contributed by atoms with van der Waals surface area (Å²) in [4.78, 5) is 2.45. The highest BCUT2D eigenvalue weighted by molar-refractivity contribution is 5.29. The molecule has 0 bridgehead atoms. The van der Waals surface area contributed by atoms with Gasteiger partial charge in [-0.25, -0.2) is 0 Å². The Hall–Kier alpha value is -1.06. The van der Waals surface area contributed by atoms with E-state index in [4.69, 9.17) is 10.5 Å². The van der Waals surface area contributed by atoms with Gasteiger partial charge < -0.3 is 15.4 Å². The van der Waals surface area contributed by atoms with Crippen molar-refractivity contribution in [1.29, 1.82) is 0 Å². The molecule has 1 aliphatic carbocycles. The predicted molar refractivity (Wildman–Crippen MR) is 88.7 cm³/mol. The Morgan fingerprint density at radius 2 is 1.86 bits per heavy atom. The number of nitrogens with zero attached hydrogens (tertiary/aromatic N) is 1. The van der Waals surface area contributed by atoms with E-state index in [0.717, 1.165) is 31.4 Å². The van der Waals surface area contributed by atoms with Crippen molar-refractivity contribution in [2.75, 3.05) is 20.2 Å². The lowest BCUT2D eigenvalue weighted by molar-refractivity contribution is 0.182. The van der Waals surface area contributed by atoms with Crippen molar-refractivity contribution in [3.05, 3.63) is 29.8 Å². The van der Waals surface area contributed by atoms with Crippen LogP contribution in [0.25, 0.3) is 0 Å². The Kier molecular flexibility index (Phi) is 6.52. The van der Waals surface area contributed by atoms with Crippen LogP contribution >= 0.6 is 0 Å². The first-order valence-corrected chi connectivity index (χ1v) is 8.39. The van der Waals surface area contributed by atoms with E-state index in [1.165, 1.54) is 37.7 Å². The van der Waals surface area contributed by atoms with Crippen LogP contribution in [0.4, 0.5) is 0 Å². The SMILES string of the molecule is CCCOc1ccc(C(N)CN(C)C2CCCCC2)cc1. The van der Waals surface area contributed by atoms with E-state index in [0.29, 0.717) is 0 Å². The number of hydrogen-bond donors (Lipinski definition) is 1. The third-order valence-corrected chi connectivity index (χ3v) is 4.46. The topological polar surface area (TPSA) is 38.5 Å². The van der Waals surface area contributed by atoms with Crippen molar-refractivity contribution in [1.82, 2.24) is 4.90 Å². The van der Waals surface area contributed by atoms with Crippen molar-refractivity contribution >= 4 is 0 Å². The first kappa shape index (κ1) is 16.3. The van der Waals surface area contributed by atoms with Crippen LogP contribution < -0.4 is 10.5 Å². The second-order valence-electron chi connectivity index (χ2n) is 6.26. The Morgan fingerprint density at radius 3 is 2.48 bits per heavy atom. The van der Waals surface area contributed by atoms with Crippen molar-refractivity contribution in [2.45, 2.75) is 57.5 Å². The second kappa shape index (κ2) is 8.40. The molecule has 1 saturated carbocycles. The van der Waals surface area contributed by atoms with Gasteiger partial charge >= 0.3 is 0 Å². The quantitative estimate of drug-likeness (QED) is 0.831. The highest BCUT2D eigenvalue weighted by atomic mass is 16.5. The van der Waals surface area contributed by atoms with E-state index in [2.05, 4.69) is 31.0 Å². The fourth-order valence-corrected chi connectivity index (χ4v) is 3.12. The maximum absolute atomic E-state index is 6.37. The van der Waals surface area contributed by atoms with Crippen LogP contribution in [-0.2, 0) is 0 Å². The molecule has 3 nitrogen and oxygen atoms in total. The standard InChI is InChI=1S/C18H30N2O/c1-3-13-21-17-11-9-15(10-12-17)18(19)14-20(2)16-7-5-4-6-8-16/h9-12,16,18H,3-8,13-14,19H2,1-2H3. The molecule has 0 heterocycles. The van der Waals surface area contributed by atoms with Gasteiger partial charge in [0, 0.05) is 18.6 Å². The molecular formula is C18H30N2O. The molecule has 2 rings (SSSR count). The molecule has 1 aromatic carbocycles. The lowest BCUT2D eigenvalue weighted by Gasteiger charge is -2.33. The van der Waals surface area contributed by atoms with Gasteiger partial charge in [0.25, 0.3) is 0 Å². The average molecular weight is 290 g/mol. The van der Waals surface area contributed by atoms with Gasteiger partial charge in [-0.1, -0.05) is 38.3 Å². The zero-order valence-electron chi connectivity index (χ0n) is 13.6. The molecule has 2 N–H and O–H groups in total. The average Bonchev–Trinajstić information content (AvgIpc) is 2.54. The fraction of sp³-hybridized carbons (Fsp3) is 0.667. The monoisotopic (exact) mass is 290 g/mol. The molecule has 21 heavy (non-hydrogen) atoms. The predicted octanol–water partition coefficient (Wildman–Crippen LogP) is 3.74. The maximum Gasteiger partial charge on any atom is 0.119 e. The number of nitrogens with two attached hydrogens (primary N) is 1. The minimum absolute atomic E-state index is 0.0807. The first-order chi connectivity index (χ1) is 10.2. The Labute approximate surface area is 129 Å². The molecule has 0 amide bonds. The second-order valence-corrected chi connectivity index (χ2v) is 6.26. The van der Waals surface area contributed by atoms with Crippen LogP contribution in [-0.4, -0.2) is 31.1 Å². The molecule has 0 aromatic heterocycles. The third-order valence-electron chi connectivity index (χ3n) is 4.46. The highest BCUT2D eigenvalue weighted by Gasteiger charge is 2.20. The van der Waals surface area contributed by atoms with Gasteiger partial charge in [-0.05, 0) is 44.0 Å². The van der Waals surface area contributed by atoms with Crippen LogP contribution in [0.15, 0.2) is 24.3 Å². The number of benzene rings is 1. The normalized spacial score (nSPS) is 17.9. The zero-order valence-corrected chi connectivity index (χ0v) is 13.6. The van der Waals surface area contributed by atoms with Gasteiger partial charge in [-0.15, -0.1) is 0 Å². The fourth-order valence-electron chi connectivity index (χ4n) is 3.12. The molecule has 0 radical (unpaired) electrons. The summed E-state index contributed by atoms with van der Waals surface area (Å²) in [5.74, 6) is 0.938. The van der Waals surface area contributed by atoms with Crippen LogP contribution in [0.5, 0.6) is 5.75 Å². The third kappa shape index (κ3) is 5.01. The van der Waals surface area contributed by atoms with E-state index in [9.17, 15) is 0 Å². The smallest absolute Gasteiger partial charge is 0.119 e. The van der Waals surface area contributed by atoms with Gasteiger partial charge in [0.05, 0.1) is 6.61 Å². The molecular weight excluding hydrogens is 260 g/mol. The molecule has 1 aliphatic rings. The summed E-state index contributed by atoms with van der Waals surface area (Å²) in [6.45, 7) is 3.82. The lowest BCUT2D eigenvalue weighted by Crippen LogP contribution is -2.38. The van der Waals surface area contributed by atoms with Crippen molar-refractivity contribution < 1.29 is 4.74 Å².